The van der Waals surface area contributed by atoms with E-state index in [0.29, 0.717) is 36.4 Å². The van der Waals surface area contributed by atoms with Gasteiger partial charge in [-0.1, -0.05) is 73.5 Å². The standard InChI is InChI=1S/C27H33N3O3/c31-25(27(33,21-13-7-8-14-21)20-11-5-2-6-12-20)28-16-22-23-17-30(18-24(22)23)26(32)29-15-19-9-3-1-4-10-19/h1-6,9-12,21-24,33H,7-8,13-18H2,(H,28,31)(H,29,32). The summed E-state index contributed by atoms with van der Waals surface area (Å²) in [6.45, 7) is 2.56. The predicted molar refractivity (Wildman–Crippen MR) is 126 cm³/mol. The number of rotatable bonds is 7. The largest absolute Gasteiger partial charge is 0.375 e. The molecule has 5 rings (SSSR count). The fourth-order valence-electron chi connectivity index (χ4n) is 5.94. The van der Waals surface area contributed by atoms with Crippen molar-refractivity contribution in [3.05, 3.63) is 71.8 Å². The summed E-state index contributed by atoms with van der Waals surface area (Å²) < 4.78 is 0. The molecule has 174 valence electrons. The van der Waals surface area contributed by atoms with Crippen molar-refractivity contribution >= 4 is 11.9 Å². The van der Waals surface area contributed by atoms with Gasteiger partial charge < -0.3 is 20.6 Å². The number of benzene rings is 2. The second-order valence-electron chi connectivity index (χ2n) is 9.86. The molecule has 1 saturated heterocycles. The third-order valence-corrected chi connectivity index (χ3v) is 7.95. The lowest BCUT2D eigenvalue weighted by molar-refractivity contribution is -0.147. The molecule has 3 atom stereocenters. The van der Waals surface area contributed by atoms with Crippen LogP contribution in [0, 0.1) is 23.7 Å². The molecule has 1 aliphatic heterocycles. The van der Waals surface area contributed by atoms with Gasteiger partial charge in [0, 0.05) is 32.1 Å². The molecule has 2 saturated carbocycles. The second-order valence-corrected chi connectivity index (χ2v) is 9.86. The van der Waals surface area contributed by atoms with Crippen LogP contribution in [0.4, 0.5) is 4.79 Å². The number of likely N-dealkylation sites (tertiary alicyclic amines) is 1. The van der Waals surface area contributed by atoms with E-state index in [-0.39, 0.29) is 17.9 Å². The molecule has 6 nitrogen and oxygen atoms in total. The first-order chi connectivity index (χ1) is 16.1. The van der Waals surface area contributed by atoms with E-state index in [1.807, 2.05) is 65.6 Å². The molecule has 2 aromatic rings. The van der Waals surface area contributed by atoms with Crippen LogP contribution in [0.2, 0.25) is 0 Å². The van der Waals surface area contributed by atoms with E-state index in [1.165, 1.54) is 0 Å². The van der Waals surface area contributed by atoms with Crippen molar-refractivity contribution in [2.75, 3.05) is 19.6 Å². The van der Waals surface area contributed by atoms with Crippen molar-refractivity contribution in [1.29, 1.82) is 0 Å². The molecule has 1 heterocycles. The van der Waals surface area contributed by atoms with E-state index in [9.17, 15) is 14.7 Å². The minimum Gasteiger partial charge on any atom is -0.375 e. The van der Waals surface area contributed by atoms with Crippen LogP contribution in [0.15, 0.2) is 60.7 Å². The Labute approximate surface area is 195 Å². The molecule has 0 bridgehead atoms. The molecule has 3 fully saturated rings. The van der Waals surface area contributed by atoms with Crippen LogP contribution in [0.25, 0.3) is 0 Å². The van der Waals surface area contributed by atoms with Crippen LogP contribution in [0.5, 0.6) is 0 Å². The topological polar surface area (TPSA) is 81.7 Å². The Morgan fingerprint density at radius 3 is 2.15 bits per heavy atom. The fraction of sp³-hybridized carbons (Fsp3) is 0.481. The zero-order valence-corrected chi connectivity index (χ0v) is 19.0. The Hall–Kier alpha value is -2.86. The number of hydrogen-bond acceptors (Lipinski definition) is 3. The SMILES string of the molecule is O=C(NCc1ccccc1)N1CC2C(CNC(=O)C(O)(c3ccccc3)C3CCCC3)C2C1. The van der Waals surface area contributed by atoms with Gasteiger partial charge in [-0.2, -0.15) is 0 Å². The Kier molecular flexibility index (Phi) is 6.11. The van der Waals surface area contributed by atoms with Gasteiger partial charge in [0.1, 0.15) is 0 Å². The molecule has 2 aromatic carbocycles. The molecule has 3 amide bonds. The Morgan fingerprint density at radius 1 is 0.909 bits per heavy atom. The van der Waals surface area contributed by atoms with E-state index in [2.05, 4.69) is 10.6 Å². The molecule has 3 unspecified atom stereocenters. The summed E-state index contributed by atoms with van der Waals surface area (Å²) in [5.41, 5.74) is 0.307. The molecular formula is C27H33N3O3. The summed E-state index contributed by atoms with van der Waals surface area (Å²) in [6.07, 6.45) is 3.87. The van der Waals surface area contributed by atoms with Gasteiger partial charge in [0.2, 0.25) is 0 Å². The first kappa shape index (κ1) is 22.0. The van der Waals surface area contributed by atoms with Crippen molar-refractivity contribution in [2.45, 2.75) is 37.8 Å². The molecular weight excluding hydrogens is 414 g/mol. The van der Waals surface area contributed by atoms with Crippen LogP contribution in [-0.4, -0.2) is 41.6 Å². The van der Waals surface area contributed by atoms with Gasteiger partial charge in [-0.15, -0.1) is 0 Å². The van der Waals surface area contributed by atoms with Crippen LogP contribution in [0.3, 0.4) is 0 Å². The van der Waals surface area contributed by atoms with E-state index < -0.39 is 5.60 Å². The number of hydrogen-bond donors (Lipinski definition) is 3. The lowest BCUT2D eigenvalue weighted by Crippen LogP contribution is -2.50. The van der Waals surface area contributed by atoms with Gasteiger partial charge in [0.05, 0.1) is 0 Å². The molecule has 3 N–H and O–H groups in total. The highest BCUT2D eigenvalue weighted by Gasteiger charge is 2.57. The zero-order chi connectivity index (χ0) is 22.8. The number of fused-ring (bicyclic) bond motifs is 1. The van der Waals surface area contributed by atoms with Gasteiger partial charge in [-0.05, 0) is 41.7 Å². The maximum absolute atomic E-state index is 13.3. The maximum Gasteiger partial charge on any atom is 0.317 e. The minimum atomic E-state index is -1.47. The van der Waals surface area contributed by atoms with Crippen LogP contribution in [0.1, 0.15) is 36.8 Å². The molecule has 0 spiro atoms. The second kappa shape index (κ2) is 9.18. The van der Waals surface area contributed by atoms with Gasteiger partial charge in [0.15, 0.2) is 5.60 Å². The average Bonchev–Trinajstić information content (AvgIpc) is 3.26. The lowest BCUT2D eigenvalue weighted by Gasteiger charge is -2.33. The van der Waals surface area contributed by atoms with E-state index in [4.69, 9.17) is 0 Å². The van der Waals surface area contributed by atoms with Gasteiger partial charge >= 0.3 is 6.03 Å². The smallest absolute Gasteiger partial charge is 0.317 e. The predicted octanol–water partition coefficient (Wildman–Crippen LogP) is 3.27. The van der Waals surface area contributed by atoms with Crippen molar-refractivity contribution in [2.24, 2.45) is 23.7 Å². The molecule has 3 aliphatic rings. The van der Waals surface area contributed by atoms with Crippen LogP contribution >= 0.6 is 0 Å². The maximum atomic E-state index is 13.3. The van der Waals surface area contributed by atoms with Crippen molar-refractivity contribution in [3.8, 4) is 0 Å². The summed E-state index contributed by atoms with van der Waals surface area (Å²) in [5.74, 6) is 0.939. The third-order valence-electron chi connectivity index (χ3n) is 7.95. The van der Waals surface area contributed by atoms with E-state index >= 15 is 0 Å². The summed E-state index contributed by atoms with van der Waals surface area (Å²) in [6, 6.07) is 19.3. The first-order valence-electron chi connectivity index (χ1n) is 12.2. The average molecular weight is 448 g/mol. The molecule has 0 aromatic heterocycles. The van der Waals surface area contributed by atoms with Gasteiger partial charge in [0.25, 0.3) is 5.91 Å². The molecule has 33 heavy (non-hydrogen) atoms. The molecule has 6 heteroatoms. The number of urea groups is 1. The Bertz CT molecular complexity index is 965. The normalized spacial score (nSPS) is 25.8. The van der Waals surface area contributed by atoms with Crippen molar-refractivity contribution < 1.29 is 14.7 Å². The van der Waals surface area contributed by atoms with Gasteiger partial charge in [-0.25, -0.2) is 4.79 Å². The summed E-state index contributed by atoms with van der Waals surface area (Å²) in [4.78, 5) is 27.7. The number of piperidine rings is 1. The van der Waals surface area contributed by atoms with E-state index in [1.54, 1.807) is 0 Å². The van der Waals surface area contributed by atoms with Gasteiger partial charge in [-0.3, -0.25) is 4.79 Å². The number of amides is 3. The first-order valence-corrected chi connectivity index (χ1v) is 12.2. The van der Waals surface area contributed by atoms with E-state index in [0.717, 1.165) is 44.3 Å². The summed E-state index contributed by atoms with van der Waals surface area (Å²) in [7, 11) is 0. The van der Waals surface area contributed by atoms with Crippen LogP contribution < -0.4 is 10.6 Å². The lowest BCUT2D eigenvalue weighted by atomic mass is 9.79. The summed E-state index contributed by atoms with van der Waals surface area (Å²) >= 11 is 0. The quantitative estimate of drug-likeness (QED) is 0.609. The number of nitrogens with zero attached hydrogens (tertiary/aromatic N) is 1. The minimum absolute atomic E-state index is 0.0199. The monoisotopic (exact) mass is 447 g/mol. The van der Waals surface area contributed by atoms with Crippen molar-refractivity contribution in [1.82, 2.24) is 15.5 Å². The number of carbonyl (C=O) groups is 2. The third kappa shape index (κ3) is 4.36. The number of nitrogens with one attached hydrogen (secondary N) is 2. The molecule has 2 aliphatic carbocycles. The Morgan fingerprint density at radius 2 is 1.52 bits per heavy atom. The Balaban J connectivity index is 1.12. The highest BCUT2D eigenvalue weighted by atomic mass is 16.3. The van der Waals surface area contributed by atoms with Crippen LogP contribution in [-0.2, 0) is 16.9 Å². The zero-order valence-electron chi connectivity index (χ0n) is 19.0. The summed E-state index contributed by atoms with van der Waals surface area (Å²) in [5, 5.41) is 17.7. The van der Waals surface area contributed by atoms with Crippen molar-refractivity contribution in [3.63, 3.8) is 0 Å². The number of aliphatic hydroxyl groups is 1. The number of carbonyl (C=O) groups excluding carboxylic acids is 2. The highest BCUT2D eigenvalue weighted by molar-refractivity contribution is 5.86. The molecule has 0 radical (unpaired) electrons. The highest BCUT2D eigenvalue weighted by Crippen LogP contribution is 2.51. The fourth-order valence-corrected chi connectivity index (χ4v) is 5.94.